The molecule has 0 aliphatic heterocycles. The Bertz CT molecular complexity index is 675. The third kappa shape index (κ3) is 4.33. The summed E-state index contributed by atoms with van der Waals surface area (Å²) in [6, 6.07) is 12.0. The molecule has 0 saturated carbocycles. The molecule has 1 atom stereocenters. The summed E-state index contributed by atoms with van der Waals surface area (Å²) in [4.78, 5) is 23.6. The van der Waals surface area contributed by atoms with E-state index in [0.717, 1.165) is 0 Å². The van der Waals surface area contributed by atoms with Crippen molar-refractivity contribution in [3.63, 3.8) is 0 Å². The maximum Gasteiger partial charge on any atom is 0.351 e. The third-order valence-electron chi connectivity index (χ3n) is 2.73. The highest BCUT2D eigenvalue weighted by Gasteiger charge is 2.24. The molecule has 0 radical (unpaired) electrons. The molecule has 1 unspecified atom stereocenters. The van der Waals surface area contributed by atoms with Crippen molar-refractivity contribution in [2.75, 3.05) is 7.11 Å². The van der Waals surface area contributed by atoms with Gasteiger partial charge >= 0.3 is 11.9 Å². The highest BCUT2D eigenvalue weighted by Crippen LogP contribution is 2.20. The minimum atomic E-state index is -1.10. The van der Waals surface area contributed by atoms with Gasteiger partial charge in [-0.3, -0.25) is 0 Å². The second-order valence-corrected chi connectivity index (χ2v) is 5.01. The molecule has 5 nitrogen and oxygen atoms in total. The van der Waals surface area contributed by atoms with Gasteiger partial charge < -0.3 is 13.9 Å². The smallest absolute Gasteiger partial charge is 0.351 e. The van der Waals surface area contributed by atoms with Crippen LogP contribution in [0.1, 0.15) is 17.4 Å². The minimum Gasteiger partial charge on any atom is -0.466 e. The fraction of sp³-hybridized carbons (Fsp3) is 0.125. The van der Waals surface area contributed by atoms with E-state index in [4.69, 9.17) is 9.15 Å². The van der Waals surface area contributed by atoms with Crippen LogP contribution in [0.5, 0.6) is 0 Å². The molecule has 0 amide bonds. The number of halogens is 1. The Morgan fingerprint density at radius 1 is 1.18 bits per heavy atom. The van der Waals surface area contributed by atoms with Crippen molar-refractivity contribution >= 4 is 33.9 Å². The van der Waals surface area contributed by atoms with Crippen LogP contribution >= 0.6 is 15.9 Å². The normalized spacial score (nSPS) is 12.1. The molecule has 22 heavy (non-hydrogen) atoms. The van der Waals surface area contributed by atoms with Gasteiger partial charge in [0.15, 0.2) is 4.67 Å². The molecule has 0 bridgehead atoms. The Morgan fingerprint density at radius 3 is 2.50 bits per heavy atom. The molecule has 2 rings (SSSR count). The van der Waals surface area contributed by atoms with E-state index < -0.39 is 18.0 Å². The van der Waals surface area contributed by atoms with Crippen LogP contribution in [0.25, 0.3) is 6.08 Å². The zero-order valence-corrected chi connectivity index (χ0v) is 13.3. The van der Waals surface area contributed by atoms with Crippen LogP contribution in [-0.2, 0) is 19.1 Å². The number of esters is 2. The number of methoxy groups -OCH3 is 1. The van der Waals surface area contributed by atoms with Gasteiger partial charge in [-0.2, -0.15) is 0 Å². The zero-order valence-electron chi connectivity index (χ0n) is 11.7. The monoisotopic (exact) mass is 364 g/mol. The van der Waals surface area contributed by atoms with Gasteiger partial charge in [-0.15, -0.1) is 0 Å². The highest BCUT2D eigenvalue weighted by atomic mass is 79.9. The van der Waals surface area contributed by atoms with Gasteiger partial charge in [0.25, 0.3) is 0 Å². The Hall–Kier alpha value is -2.34. The van der Waals surface area contributed by atoms with Crippen molar-refractivity contribution in [2.45, 2.75) is 6.10 Å². The second-order valence-electron chi connectivity index (χ2n) is 4.23. The Morgan fingerprint density at radius 2 is 1.91 bits per heavy atom. The molecular weight excluding hydrogens is 352 g/mol. The summed E-state index contributed by atoms with van der Waals surface area (Å²) in [6.07, 6.45) is 1.53. The van der Waals surface area contributed by atoms with Gasteiger partial charge in [-0.05, 0) is 34.1 Å². The SMILES string of the molecule is COC(=O)C(OC(=O)/C=C/c1ccc(Br)o1)c1ccccc1. The van der Waals surface area contributed by atoms with Crippen molar-refractivity contribution in [1.82, 2.24) is 0 Å². The zero-order chi connectivity index (χ0) is 15.9. The molecule has 0 aliphatic carbocycles. The average molecular weight is 365 g/mol. The van der Waals surface area contributed by atoms with Crippen LogP contribution in [0.15, 0.2) is 57.6 Å². The summed E-state index contributed by atoms with van der Waals surface area (Å²) in [5.41, 5.74) is 0.539. The molecule has 114 valence electrons. The summed E-state index contributed by atoms with van der Waals surface area (Å²) in [6.45, 7) is 0. The van der Waals surface area contributed by atoms with Gasteiger partial charge in [-0.25, -0.2) is 9.59 Å². The number of hydrogen-bond donors (Lipinski definition) is 0. The van der Waals surface area contributed by atoms with E-state index in [0.29, 0.717) is 16.0 Å². The lowest BCUT2D eigenvalue weighted by Gasteiger charge is -2.14. The van der Waals surface area contributed by atoms with Crippen LogP contribution in [0.4, 0.5) is 0 Å². The first-order valence-corrected chi connectivity index (χ1v) is 7.16. The first-order chi connectivity index (χ1) is 10.6. The highest BCUT2D eigenvalue weighted by molar-refractivity contribution is 9.10. The van der Waals surface area contributed by atoms with E-state index in [9.17, 15) is 9.59 Å². The van der Waals surface area contributed by atoms with Gasteiger partial charge in [-0.1, -0.05) is 30.3 Å². The number of carbonyl (C=O) groups excluding carboxylic acids is 2. The number of carbonyl (C=O) groups is 2. The van der Waals surface area contributed by atoms with Crippen LogP contribution in [-0.4, -0.2) is 19.0 Å². The first-order valence-electron chi connectivity index (χ1n) is 6.37. The molecule has 6 heteroatoms. The summed E-state index contributed by atoms with van der Waals surface area (Å²) < 4.78 is 15.6. The van der Waals surface area contributed by atoms with Crippen molar-refractivity contribution in [3.05, 3.63) is 64.5 Å². The minimum absolute atomic E-state index is 0.484. The van der Waals surface area contributed by atoms with E-state index in [1.165, 1.54) is 19.3 Å². The molecule has 1 aromatic heterocycles. The van der Waals surface area contributed by atoms with Crippen LogP contribution < -0.4 is 0 Å². The molecule has 2 aromatic rings. The van der Waals surface area contributed by atoms with Gasteiger partial charge in [0, 0.05) is 11.6 Å². The maximum atomic E-state index is 11.9. The number of rotatable bonds is 5. The van der Waals surface area contributed by atoms with Crippen molar-refractivity contribution in [1.29, 1.82) is 0 Å². The average Bonchev–Trinajstić information content (AvgIpc) is 2.96. The summed E-state index contributed by atoms with van der Waals surface area (Å²) >= 11 is 3.16. The van der Waals surface area contributed by atoms with Gasteiger partial charge in [0.2, 0.25) is 6.10 Å². The number of ether oxygens (including phenoxy) is 2. The number of furan rings is 1. The van der Waals surface area contributed by atoms with Crippen LogP contribution in [0, 0.1) is 0 Å². The largest absolute Gasteiger partial charge is 0.466 e. The molecule has 0 fully saturated rings. The standard InChI is InChI=1S/C16H13BrO5/c1-20-16(19)15(11-5-3-2-4-6-11)22-14(18)10-8-12-7-9-13(17)21-12/h2-10,15H,1H3/b10-8+. The molecule has 1 aromatic carbocycles. The Kier molecular flexibility index (Phi) is 5.55. The lowest BCUT2D eigenvalue weighted by atomic mass is 10.1. The van der Waals surface area contributed by atoms with E-state index >= 15 is 0 Å². The molecule has 1 heterocycles. The predicted octanol–water partition coefficient (Wildman–Crippen LogP) is 3.51. The molecule has 0 saturated heterocycles. The van der Waals surface area contributed by atoms with Crippen molar-refractivity contribution in [3.8, 4) is 0 Å². The number of benzene rings is 1. The fourth-order valence-corrected chi connectivity index (χ4v) is 2.03. The Balaban J connectivity index is 2.08. The summed E-state index contributed by atoms with van der Waals surface area (Å²) in [5, 5.41) is 0. The third-order valence-corrected chi connectivity index (χ3v) is 3.16. The molecular formula is C16H13BrO5. The quantitative estimate of drug-likeness (QED) is 0.599. The lowest BCUT2D eigenvalue weighted by molar-refractivity contribution is -0.163. The summed E-state index contributed by atoms with van der Waals surface area (Å²) in [5.74, 6) is -0.835. The summed E-state index contributed by atoms with van der Waals surface area (Å²) in [7, 11) is 1.24. The lowest BCUT2D eigenvalue weighted by Crippen LogP contribution is -2.20. The first kappa shape index (κ1) is 16.0. The molecule has 0 aliphatic rings. The van der Waals surface area contributed by atoms with Crippen LogP contribution in [0.2, 0.25) is 0 Å². The maximum absolute atomic E-state index is 11.9. The Labute approximate surface area is 135 Å². The fourth-order valence-electron chi connectivity index (χ4n) is 1.71. The van der Waals surface area contributed by atoms with Crippen molar-refractivity contribution < 1.29 is 23.5 Å². The predicted molar refractivity (Wildman–Crippen MR) is 82.7 cm³/mol. The topological polar surface area (TPSA) is 65.7 Å². The second kappa shape index (κ2) is 7.61. The van der Waals surface area contributed by atoms with E-state index in [1.54, 1.807) is 42.5 Å². The van der Waals surface area contributed by atoms with E-state index in [-0.39, 0.29) is 0 Å². The van der Waals surface area contributed by atoms with Gasteiger partial charge in [0.1, 0.15) is 5.76 Å². The molecule has 0 N–H and O–H groups in total. The molecule has 0 spiro atoms. The van der Waals surface area contributed by atoms with Crippen molar-refractivity contribution in [2.24, 2.45) is 0 Å². The van der Waals surface area contributed by atoms with E-state index in [1.807, 2.05) is 0 Å². The van der Waals surface area contributed by atoms with Gasteiger partial charge in [0.05, 0.1) is 7.11 Å². The van der Waals surface area contributed by atoms with Crippen LogP contribution in [0.3, 0.4) is 0 Å². The van der Waals surface area contributed by atoms with E-state index in [2.05, 4.69) is 20.7 Å². The number of hydrogen-bond acceptors (Lipinski definition) is 5.